The van der Waals surface area contributed by atoms with Crippen LogP contribution in [0.15, 0.2) is 53.5 Å². The van der Waals surface area contributed by atoms with Gasteiger partial charge in [-0.25, -0.2) is 0 Å². The molecule has 2 amide bonds. The third kappa shape index (κ3) is 3.19. The number of imide groups is 1. The van der Waals surface area contributed by atoms with Gasteiger partial charge in [0.05, 0.1) is 5.57 Å². The van der Waals surface area contributed by atoms with E-state index in [1.165, 1.54) is 22.7 Å². The van der Waals surface area contributed by atoms with E-state index in [0.29, 0.717) is 24.2 Å². The molecule has 3 heterocycles. The Morgan fingerprint density at radius 3 is 2.35 bits per heavy atom. The van der Waals surface area contributed by atoms with E-state index in [-0.39, 0.29) is 11.8 Å². The Hall–Kier alpha value is -2.40. The molecule has 2 aliphatic rings. The van der Waals surface area contributed by atoms with Crippen LogP contribution in [0.1, 0.15) is 29.7 Å². The van der Waals surface area contributed by atoms with Crippen molar-refractivity contribution in [2.24, 2.45) is 0 Å². The van der Waals surface area contributed by atoms with E-state index < -0.39 is 0 Å². The summed E-state index contributed by atoms with van der Waals surface area (Å²) in [6.45, 7) is 2.14. The first-order valence-electron chi connectivity index (χ1n) is 9.19. The van der Waals surface area contributed by atoms with Crippen molar-refractivity contribution in [3.8, 4) is 0 Å². The molecule has 134 valence electrons. The quantitative estimate of drug-likeness (QED) is 0.760. The minimum atomic E-state index is -0.144. The highest BCUT2D eigenvalue weighted by atomic mass is 32.1. The van der Waals surface area contributed by atoms with Crippen molar-refractivity contribution >= 4 is 28.7 Å². The molecule has 0 aliphatic carbocycles. The molecule has 0 unspecified atom stereocenters. The number of piperidine rings is 1. The van der Waals surface area contributed by atoms with Gasteiger partial charge in [0.1, 0.15) is 5.70 Å². The Balaban J connectivity index is 1.62. The molecule has 1 fully saturated rings. The van der Waals surface area contributed by atoms with Crippen molar-refractivity contribution in [1.29, 1.82) is 0 Å². The van der Waals surface area contributed by atoms with Crippen LogP contribution in [0.5, 0.6) is 0 Å². The van der Waals surface area contributed by atoms with Crippen LogP contribution in [0.2, 0.25) is 0 Å². The maximum absolute atomic E-state index is 13.2. The second-order valence-corrected chi connectivity index (χ2v) is 7.69. The van der Waals surface area contributed by atoms with Crippen LogP contribution in [-0.2, 0) is 16.0 Å². The highest BCUT2D eigenvalue weighted by Gasteiger charge is 2.41. The normalized spacial score (nSPS) is 18.2. The van der Waals surface area contributed by atoms with Gasteiger partial charge in [0, 0.05) is 24.5 Å². The number of carbonyl (C=O) groups is 2. The number of benzene rings is 1. The molecule has 2 aliphatic heterocycles. The Labute approximate surface area is 157 Å². The van der Waals surface area contributed by atoms with E-state index in [1.54, 1.807) is 0 Å². The Bertz CT molecular complexity index is 821. The van der Waals surface area contributed by atoms with Gasteiger partial charge >= 0.3 is 0 Å². The summed E-state index contributed by atoms with van der Waals surface area (Å²) in [5.41, 5.74) is 2.35. The van der Waals surface area contributed by atoms with Crippen LogP contribution in [0.3, 0.4) is 0 Å². The summed E-state index contributed by atoms with van der Waals surface area (Å²) in [4.78, 5) is 30.7. The predicted octanol–water partition coefficient (Wildman–Crippen LogP) is 3.56. The fourth-order valence-electron chi connectivity index (χ4n) is 3.71. The maximum atomic E-state index is 13.2. The molecule has 0 spiro atoms. The van der Waals surface area contributed by atoms with E-state index in [1.807, 2.05) is 47.8 Å². The number of carbonyl (C=O) groups excluding carboxylic acids is 2. The average molecular weight is 366 g/mol. The van der Waals surface area contributed by atoms with Crippen molar-refractivity contribution in [2.75, 3.05) is 19.6 Å². The number of nitrogens with zero attached hydrogens (tertiary/aromatic N) is 2. The summed E-state index contributed by atoms with van der Waals surface area (Å²) >= 11 is 1.53. The minimum Gasteiger partial charge on any atom is -0.366 e. The van der Waals surface area contributed by atoms with Gasteiger partial charge in [0.25, 0.3) is 11.8 Å². The number of hydrogen-bond donors (Lipinski definition) is 0. The molecule has 2 aromatic rings. The first-order valence-corrected chi connectivity index (χ1v) is 10.1. The lowest BCUT2D eigenvalue weighted by molar-refractivity contribution is -0.137. The van der Waals surface area contributed by atoms with Crippen LogP contribution in [0, 0.1) is 0 Å². The minimum absolute atomic E-state index is 0.128. The molecule has 4 nitrogen and oxygen atoms in total. The maximum Gasteiger partial charge on any atom is 0.277 e. The fourth-order valence-corrected chi connectivity index (χ4v) is 4.47. The summed E-state index contributed by atoms with van der Waals surface area (Å²) in [6, 6.07) is 13.9. The zero-order valence-electron chi connectivity index (χ0n) is 14.7. The van der Waals surface area contributed by atoms with Gasteiger partial charge < -0.3 is 4.90 Å². The van der Waals surface area contributed by atoms with Gasteiger partial charge in [-0.15, -0.1) is 11.3 Å². The number of likely N-dealkylation sites (tertiary alicyclic amines) is 1. The lowest BCUT2D eigenvalue weighted by Crippen LogP contribution is -2.38. The molecule has 0 N–H and O–H groups in total. The SMILES string of the molecule is O=C1C(c2cccs2)=C(N2CCCCC2)C(=O)N1CCc1ccccc1. The largest absolute Gasteiger partial charge is 0.366 e. The van der Waals surface area contributed by atoms with E-state index in [2.05, 4.69) is 4.90 Å². The molecule has 0 bridgehead atoms. The van der Waals surface area contributed by atoms with Crippen LogP contribution < -0.4 is 0 Å². The van der Waals surface area contributed by atoms with Crippen molar-refractivity contribution in [3.63, 3.8) is 0 Å². The standard InChI is InChI=1S/C21H22N2O2S/c24-20-18(17-10-7-15-26-17)19(22-12-5-2-6-13-22)21(25)23(20)14-11-16-8-3-1-4-9-16/h1,3-4,7-10,15H,2,5-6,11-14H2. The molecule has 1 aromatic heterocycles. The van der Waals surface area contributed by atoms with Gasteiger partial charge in [0.2, 0.25) is 0 Å². The molecule has 1 aromatic carbocycles. The van der Waals surface area contributed by atoms with Gasteiger partial charge in [-0.3, -0.25) is 14.5 Å². The van der Waals surface area contributed by atoms with Gasteiger partial charge in [0.15, 0.2) is 0 Å². The Morgan fingerprint density at radius 2 is 1.65 bits per heavy atom. The molecule has 0 saturated carbocycles. The summed E-state index contributed by atoms with van der Waals surface area (Å²) in [5.74, 6) is -0.273. The summed E-state index contributed by atoms with van der Waals surface area (Å²) in [6.07, 6.45) is 4.03. The van der Waals surface area contributed by atoms with Gasteiger partial charge in [-0.05, 0) is 42.7 Å². The summed E-state index contributed by atoms with van der Waals surface area (Å²) in [7, 11) is 0. The van der Waals surface area contributed by atoms with E-state index in [4.69, 9.17) is 0 Å². The highest BCUT2D eigenvalue weighted by Crippen LogP contribution is 2.35. The number of amides is 2. The zero-order valence-corrected chi connectivity index (χ0v) is 15.5. The van der Waals surface area contributed by atoms with Crippen molar-refractivity contribution in [1.82, 2.24) is 9.80 Å². The molecule has 4 rings (SSSR count). The van der Waals surface area contributed by atoms with E-state index in [9.17, 15) is 9.59 Å². The van der Waals surface area contributed by atoms with E-state index in [0.717, 1.165) is 36.4 Å². The topological polar surface area (TPSA) is 40.6 Å². The Kier molecular flexibility index (Phi) is 4.89. The average Bonchev–Trinajstić information content (AvgIpc) is 3.28. The number of thiophene rings is 1. The highest BCUT2D eigenvalue weighted by molar-refractivity contribution is 7.11. The molecule has 1 saturated heterocycles. The lowest BCUT2D eigenvalue weighted by Gasteiger charge is -2.29. The zero-order chi connectivity index (χ0) is 17.9. The van der Waals surface area contributed by atoms with Gasteiger partial charge in [-0.2, -0.15) is 0 Å². The molecule has 26 heavy (non-hydrogen) atoms. The number of rotatable bonds is 5. The third-order valence-corrected chi connectivity index (χ3v) is 5.94. The molecule has 5 heteroatoms. The third-order valence-electron chi connectivity index (χ3n) is 5.05. The van der Waals surface area contributed by atoms with Crippen LogP contribution in [-0.4, -0.2) is 41.2 Å². The smallest absolute Gasteiger partial charge is 0.277 e. The first kappa shape index (κ1) is 17.0. The molecule has 0 atom stereocenters. The Morgan fingerprint density at radius 1 is 0.885 bits per heavy atom. The molecule has 0 radical (unpaired) electrons. The van der Waals surface area contributed by atoms with Crippen LogP contribution in [0.25, 0.3) is 5.57 Å². The van der Waals surface area contributed by atoms with Gasteiger partial charge in [-0.1, -0.05) is 36.4 Å². The van der Waals surface area contributed by atoms with Crippen LogP contribution in [0.4, 0.5) is 0 Å². The molecular weight excluding hydrogens is 344 g/mol. The van der Waals surface area contributed by atoms with E-state index >= 15 is 0 Å². The van der Waals surface area contributed by atoms with Crippen LogP contribution >= 0.6 is 11.3 Å². The second-order valence-electron chi connectivity index (χ2n) is 6.75. The number of hydrogen-bond acceptors (Lipinski definition) is 4. The van der Waals surface area contributed by atoms with Crippen molar-refractivity contribution < 1.29 is 9.59 Å². The second kappa shape index (κ2) is 7.46. The fraction of sp³-hybridized carbons (Fsp3) is 0.333. The monoisotopic (exact) mass is 366 g/mol. The summed E-state index contributed by atoms with van der Waals surface area (Å²) in [5, 5.41) is 1.96. The van der Waals surface area contributed by atoms with Crippen molar-refractivity contribution in [3.05, 3.63) is 64.0 Å². The molecular formula is C21H22N2O2S. The first-order chi connectivity index (χ1) is 12.8. The predicted molar refractivity (Wildman–Crippen MR) is 104 cm³/mol. The summed E-state index contributed by atoms with van der Waals surface area (Å²) < 4.78 is 0. The van der Waals surface area contributed by atoms with Crippen molar-refractivity contribution in [2.45, 2.75) is 25.7 Å². The lowest BCUT2D eigenvalue weighted by atomic mass is 10.1.